The number of anilines is 2. The number of aryl methyl sites for hydroxylation is 1. The van der Waals surface area contributed by atoms with E-state index in [4.69, 9.17) is 5.73 Å². The molecule has 4 aliphatic rings. The van der Waals surface area contributed by atoms with Gasteiger partial charge in [-0.3, -0.25) is 9.59 Å². The molecule has 2 bridgehead atoms. The van der Waals surface area contributed by atoms with Gasteiger partial charge in [-0.05, 0) is 48.9 Å². The molecule has 1 atom stereocenters. The second-order valence-electron chi connectivity index (χ2n) is 10.4. The Morgan fingerprint density at radius 2 is 1.81 bits per heavy atom. The molecule has 2 N–H and O–H groups in total. The van der Waals surface area contributed by atoms with Crippen molar-refractivity contribution in [3.63, 3.8) is 0 Å². The number of nitrogens with two attached hydrogens (primary N) is 1. The van der Waals surface area contributed by atoms with Gasteiger partial charge >= 0.3 is 0 Å². The number of fused-ring (bicyclic) bond motifs is 5. The number of carbonyl (C=O) groups is 2. The van der Waals surface area contributed by atoms with Crippen molar-refractivity contribution >= 4 is 23.2 Å². The Balaban J connectivity index is 1.31. The second kappa shape index (κ2) is 9.63. The molecule has 0 aliphatic carbocycles. The zero-order valence-corrected chi connectivity index (χ0v) is 21.2. The number of likely N-dealkylation sites (N-methyl/N-ethyl adjacent to an activating group) is 1. The lowest BCUT2D eigenvalue weighted by Gasteiger charge is -2.33. The third-order valence-corrected chi connectivity index (χ3v) is 8.14. The zero-order chi connectivity index (χ0) is 25.5. The molecule has 9 nitrogen and oxygen atoms in total. The number of piperidine rings is 1. The summed E-state index contributed by atoms with van der Waals surface area (Å²) in [4.78, 5) is 37.1. The average Bonchev–Trinajstić information content (AvgIpc) is 3.03. The number of primary amides is 1. The maximum absolute atomic E-state index is 13.9. The molecular weight excluding hydrogens is 466 g/mol. The van der Waals surface area contributed by atoms with Crippen LogP contribution in [0, 0.1) is 0 Å². The van der Waals surface area contributed by atoms with Crippen molar-refractivity contribution in [1.29, 1.82) is 0 Å². The predicted molar refractivity (Wildman–Crippen MR) is 142 cm³/mol. The molecule has 0 saturated carbocycles. The van der Waals surface area contributed by atoms with Crippen LogP contribution in [0.25, 0.3) is 0 Å². The van der Waals surface area contributed by atoms with Crippen LogP contribution in [-0.4, -0.2) is 70.7 Å². The normalized spacial score (nSPS) is 23.5. The third-order valence-electron chi connectivity index (χ3n) is 8.14. The molecule has 0 spiro atoms. The minimum Gasteiger partial charge on any atom is -0.367 e. The quantitative estimate of drug-likeness (QED) is 0.579. The molecule has 1 aromatic heterocycles. The van der Waals surface area contributed by atoms with Crippen molar-refractivity contribution in [2.75, 3.05) is 43.0 Å². The van der Waals surface area contributed by atoms with Crippen LogP contribution >= 0.6 is 0 Å². The summed E-state index contributed by atoms with van der Waals surface area (Å²) >= 11 is 0. The molecule has 0 radical (unpaired) electrons. The first-order valence-electron chi connectivity index (χ1n) is 13.2. The largest absolute Gasteiger partial charge is 0.367 e. The molecule has 37 heavy (non-hydrogen) atoms. The van der Waals surface area contributed by atoms with Gasteiger partial charge in [-0.15, -0.1) is 5.10 Å². The minimum atomic E-state index is -0.696. The van der Waals surface area contributed by atoms with Crippen LogP contribution in [0.3, 0.4) is 0 Å². The van der Waals surface area contributed by atoms with E-state index in [1.165, 1.54) is 31.6 Å². The fraction of sp³-hybridized carbons (Fsp3) is 0.429. The topological polar surface area (TPSA) is 101 Å². The van der Waals surface area contributed by atoms with E-state index in [0.717, 1.165) is 36.3 Å². The number of benzene rings is 2. The van der Waals surface area contributed by atoms with E-state index in [-0.39, 0.29) is 11.7 Å². The van der Waals surface area contributed by atoms with Crippen LogP contribution in [0.5, 0.6) is 0 Å². The highest BCUT2D eigenvalue weighted by atomic mass is 16.2. The Bertz CT molecular complexity index is 1310. The maximum Gasteiger partial charge on any atom is 0.288 e. The van der Waals surface area contributed by atoms with Gasteiger partial charge in [0.25, 0.3) is 11.8 Å². The summed E-state index contributed by atoms with van der Waals surface area (Å²) in [6.07, 6.45) is 4.13. The van der Waals surface area contributed by atoms with E-state index in [1.54, 1.807) is 9.58 Å². The lowest BCUT2D eigenvalue weighted by atomic mass is 10.0. The number of nitrogens with zero attached hydrogens (tertiary/aromatic N) is 6. The molecule has 1 unspecified atom stereocenters. The first-order valence-corrected chi connectivity index (χ1v) is 13.2. The molecule has 7 rings (SSSR count). The molecule has 5 heterocycles. The van der Waals surface area contributed by atoms with Gasteiger partial charge in [0.15, 0.2) is 0 Å². The van der Waals surface area contributed by atoms with E-state index in [1.807, 2.05) is 37.4 Å². The average molecular weight is 500 g/mol. The van der Waals surface area contributed by atoms with Crippen LogP contribution in [0.1, 0.15) is 52.9 Å². The summed E-state index contributed by atoms with van der Waals surface area (Å²) in [5.74, 6) is -0.252. The predicted octanol–water partition coefficient (Wildman–Crippen LogP) is 2.40. The summed E-state index contributed by atoms with van der Waals surface area (Å²) in [7, 11) is 1.84. The molecule has 2 aromatic carbocycles. The molecular formula is C28H33N7O2. The van der Waals surface area contributed by atoms with Gasteiger partial charge < -0.3 is 20.4 Å². The van der Waals surface area contributed by atoms with Crippen molar-refractivity contribution in [3.8, 4) is 0 Å². The fourth-order valence-corrected chi connectivity index (χ4v) is 6.07. The van der Waals surface area contributed by atoms with E-state index < -0.39 is 11.9 Å². The Morgan fingerprint density at radius 3 is 2.57 bits per heavy atom. The number of carbonyl (C=O) groups excluding carboxylic acids is 2. The highest BCUT2D eigenvalue weighted by Crippen LogP contribution is 2.36. The second-order valence-corrected chi connectivity index (χ2v) is 10.4. The Morgan fingerprint density at radius 1 is 1.03 bits per heavy atom. The summed E-state index contributed by atoms with van der Waals surface area (Å²) in [5, 5.41) is 4.42. The first-order chi connectivity index (χ1) is 18.0. The van der Waals surface area contributed by atoms with Crippen molar-refractivity contribution < 1.29 is 9.59 Å². The fourth-order valence-electron chi connectivity index (χ4n) is 6.07. The van der Waals surface area contributed by atoms with Crippen LogP contribution in [-0.2, 0) is 17.6 Å². The third kappa shape index (κ3) is 4.48. The van der Waals surface area contributed by atoms with Crippen LogP contribution in [0.2, 0.25) is 0 Å². The molecule has 3 aromatic rings. The van der Waals surface area contributed by atoms with Crippen LogP contribution in [0.15, 0.2) is 48.5 Å². The number of rotatable bonds is 5. The summed E-state index contributed by atoms with van der Waals surface area (Å²) in [6.45, 7) is 4.44. The van der Waals surface area contributed by atoms with Crippen molar-refractivity contribution in [2.45, 2.75) is 44.2 Å². The van der Waals surface area contributed by atoms with Crippen molar-refractivity contribution in [2.24, 2.45) is 5.73 Å². The van der Waals surface area contributed by atoms with E-state index in [9.17, 15) is 9.59 Å². The van der Waals surface area contributed by atoms with Crippen LogP contribution in [0.4, 0.5) is 11.4 Å². The Kier molecular flexibility index (Phi) is 6.16. The number of hydrogen-bond acceptors (Lipinski definition) is 6. The minimum absolute atomic E-state index is 0.0581. The lowest BCUT2D eigenvalue weighted by molar-refractivity contribution is -0.121. The summed E-state index contributed by atoms with van der Waals surface area (Å²) in [6, 6.07) is 16.4. The standard InChI is InChI=1S/C28H33N7O2/c1-32-24-18-22(34-16-15-33-13-11-21(34)12-14-33)9-7-20(24)8-10-23(28(32)37)35-25(30-27(31-35)26(29)36)17-19-5-3-2-4-6-19/h2-7,9,18,21,23H,8,10-17H2,1H3,(H2,29,36). The van der Waals surface area contributed by atoms with Crippen molar-refractivity contribution in [1.82, 2.24) is 19.7 Å². The monoisotopic (exact) mass is 499 g/mol. The molecule has 2 amide bonds. The highest BCUT2D eigenvalue weighted by Gasteiger charge is 2.34. The summed E-state index contributed by atoms with van der Waals surface area (Å²) < 4.78 is 1.63. The van der Waals surface area contributed by atoms with E-state index >= 15 is 0 Å². The zero-order valence-electron chi connectivity index (χ0n) is 21.2. The molecule has 9 heteroatoms. The van der Waals surface area contributed by atoms with Gasteiger partial charge in [-0.1, -0.05) is 36.4 Å². The van der Waals surface area contributed by atoms with Crippen LogP contribution < -0.4 is 15.5 Å². The number of aromatic nitrogens is 3. The SMILES string of the molecule is CN1C(=O)C(n2nc(C(N)=O)nc2Cc2ccccc2)CCc2ccc(N3CCN4CCC3CC4)cc21. The van der Waals surface area contributed by atoms with Gasteiger partial charge in [-0.25, -0.2) is 9.67 Å². The number of hydrogen-bond donors (Lipinski definition) is 1. The van der Waals surface area contributed by atoms with E-state index in [2.05, 4.69) is 38.1 Å². The van der Waals surface area contributed by atoms with E-state index in [0.29, 0.717) is 24.7 Å². The first kappa shape index (κ1) is 23.7. The van der Waals surface area contributed by atoms with Gasteiger partial charge in [0.05, 0.1) is 0 Å². The van der Waals surface area contributed by atoms with Gasteiger partial charge in [0.1, 0.15) is 11.9 Å². The molecule has 3 fully saturated rings. The van der Waals surface area contributed by atoms with Gasteiger partial charge in [-0.2, -0.15) is 0 Å². The van der Waals surface area contributed by atoms with Gasteiger partial charge in [0.2, 0.25) is 5.82 Å². The number of amides is 2. The molecule has 192 valence electrons. The lowest BCUT2D eigenvalue weighted by Crippen LogP contribution is -2.38. The Hall–Kier alpha value is -3.72. The van der Waals surface area contributed by atoms with Gasteiger partial charge in [0, 0.05) is 57.1 Å². The van der Waals surface area contributed by atoms with Crippen molar-refractivity contribution in [3.05, 3.63) is 71.3 Å². The summed E-state index contributed by atoms with van der Waals surface area (Å²) in [5.41, 5.74) is 9.83. The highest BCUT2D eigenvalue weighted by molar-refractivity contribution is 5.97. The smallest absolute Gasteiger partial charge is 0.288 e. The molecule has 4 aliphatic heterocycles. The molecule has 3 saturated heterocycles. The maximum atomic E-state index is 13.9. The Labute approximate surface area is 216 Å².